The molecule has 0 aliphatic carbocycles. The average molecular weight is 292 g/mol. The van der Waals surface area contributed by atoms with Crippen LogP contribution in [0.15, 0.2) is 0 Å². The van der Waals surface area contributed by atoms with Gasteiger partial charge in [-0.1, -0.05) is 11.4 Å². The third-order valence-corrected chi connectivity index (χ3v) is 4.25. The Morgan fingerprint density at radius 3 is 3.05 bits per heavy atom. The molecule has 20 heavy (non-hydrogen) atoms. The summed E-state index contributed by atoms with van der Waals surface area (Å²) >= 11 is 1.15. The molecule has 1 aliphatic heterocycles. The Bertz CT molecular complexity index is 634. The largest absolute Gasteiger partial charge is 0.333 e. The number of aryl methyl sites for hydroxylation is 2. The lowest BCUT2D eigenvalue weighted by Gasteiger charge is -2.16. The summed E-state index contributed by atoms with van der Waals surface area (Å²) < 4.78 is 5.97. The van der Waals surface area contributed by atoms with Gasteiger partial charge in [0.15, 0.2) is 5.82 Å². The van der Waals surface area contributed by atoms with Crippen molar-refractivity contribution in [3.8, 4) is 0 Å². The second-order valence-electron chi connectivity index (χ2n) is 4.85. The maximum atomic E-state index is 12.4. The number of nitrogens with zero attached hydrogens (tertiary/aromatic N) is 6. The smallest absolute Gasteiger partial charge is 0.267 e. The van der Waals surface area contributed by atoms with Crippen molar-refractivity contribution in [2.24, 2.45) is 0 Å². The summed E-state index contributed by atoms with van der Waals surface area (Å²) in [6.45, 7) is 3.38. The SMILES string of the molecule is CCc1nnsc1C(=O)N(C)Cc1nnc2n1CCC2. The lowest BCUT2D eigenvalue weighted by atomic mass is 10.3. The first-order valence-electron chi connectivity index (χ1n) is 6.68. The van der Waals surface area contributed by atoms with Gasteiger partial charge in [-0.25, -0.2) is 0 Å². The maximum Gasteiger partial charge on any atom is 0.267 e. The summed E-state index contributed by atoms with van der Waals surface area (Å²) in [5.74, 6) is 1.82. The van der Waals surface area contributed by atoms with Crippen LogP contribution in [0.4, 0.5) is 0 Å². The highest BCUT2D eigenvalue weighted by Crippen LogP contribution is 2.17. The van der Waals surface area contributed by atoms with Crippen LogP contribution in [0.5, 0.6) is 0 Å². The fourth-order valence-corrected chi connectivity index (χ4v) is 3.13. The van der Waals surface area contributed by atoms with Gasteiger partial charge in [-0.05, 0) is 24.4 Å². The monoisotopic (exact) mass is 292 g/mol. The molecule has 0 aromatic carbocycles. The van der Waals surface area contributed by atoms with E-state index in [0.29, 0.717) is 17.8 Å². The van der Waals surface area contributed by atoms with Crippen molar-refractivity contribution in [1.29, 1.82) is 0 Å². The Hall–Kier alpha value is -1.83. The zero-order chi connectivity index (χ0) is 14.1. The summed E-state index contributed by atoms with van der Waals surface area (Å²) in [7, 11) is 1.78. The van der Waals surface area contributed by atoms with Crippen LogP contribution in [-0.4, -0.2) is 42.2 Å². The van der Waals surface area contributed by atoms with E-state index in [0.717, 1.165) is 48.3 Å². The first-order valence-corrected chi connectivity index (χ1v) is 7.45. The van der Waals surface area contributed by atoms with Crippen LogP contribution < -0.4 is 0 Å². The first kappa shape index (κ1) is 13.2. The normalized spacial score (nSPS) is 13.5. The second kappa shape index (κ2) is 5.28. The number of carbonyl (C=O) groups excluding carboxylic acids is 1. The van der Waals surface area contributed by atoms with E-state index in [1.54, 1.807) is 11.9 Å². The van der Waals surface area contributed by atoms with Crippen LogP contribution >= 0.6 is 11.5 Å². The maximum absolute atomic E-state index is 12.4. The molecule has 7 nitrogen and oxygen atoms in total. The molecule has 106 valence electrons. The fraction of sp³-hybridized carbons (Fsp3) is 0.583. The summed E-state index contributed by atoms with van der Waals surface area (Å²) in [6, 6.07) is 0. The Balaban J connectivity index is 1.76. The van der Waals surface area contributed by atoms with E-state index in [4.69, 9.17) is 0 Å². The zero-order valence-electron chi connectivity index (χ0n) is 11.5. The predicted molar refractivity (Wildman–Crippen MR) is 73.4 cm³/mol. The highest BCUT2D eigenvalue weighted by Gasteiger charge is 2.23. The van der Waals surface area contributed by atoms with E-state index >= 15 is 0 Å². The topological polar surface area (TPSA) is 76.8 Å². The van der Waals surface area contributed by atoms with E-state index in [1.165, 1.54) is 0 Å². The molecule has 0 saturated heterocycles. The van der Waals surface area contributed by atoms with Crippen molar-refractivity contribution in [3.63, 3.8) is 0 Å². The number of hydrogen-bond donors (Lipinski definition) is 0. The van der Waals surface area contributed by atoms with Crippen molar-refractivity contribution in [2.45, 2.75) is 39.3 Å². The van der Waals surface area contributed by atoms with Gasteiger partial charge in [-0.2, -0.15) is 0 Å². The van der Waals surface area contributed by atoms with Crippen LogP contribution in [0.25, 0.3) is 0 Å². The standard InChI is InChI=1S/C12H16N6OS/c1-3-8-11(20-16-13-8)12(19)17(2)7-10-15-14-9-5-4-6-18(9)10/h3-7H2,1-2H3. The number of carbonyl (C=O) groups is 1. The summed E-state index contributed by atoms with van der Waals surface area (Å²) in [5, 5.41) is 12.3. The number of hydrogen-bond acceptors (Lipinski definition) is 6. The fourth-order valence-electron chi connectivity index (χ4n) is 2.39. The average Bonchev–Trinajstić information content (AvgIpc) is 3.14. The molecule has 0 spiro atoms. The van der Waals surface area contributed by atoms with Gasteiger partial charge < -0.3 is 9.47 Å². The van der Waals surface area contributed by atoms with Crippen molar-refractivity contribution < 1.29 is 4.79 Å². The molecule has 1 aliphatic rings. The van der Waals surface area contributed by atoms with Gasteiger partial charge in [-0.3, -0.25) is 4.79 Å². The van der Waals surface area contributed by atoms with Crippen molar-refractivity contribution in [1.82, 2.24) is 29.3 Å². The molecule has 0 saturated carbocycles. The first-order chi connectivity index (χ1) is 9.70. The zero-order valence-corrected chi connectivity index (χ0v) is 12.4. The highest BCUT2D eigenvalue weighted by atomic mass is 32.1. The van der Waals surface area contributed by atoms with E-state index < -0.39 is 0 Å². The van der Waals surface area contributed by atoms with Gasteiger partial charge >= 0.3 is 0 Å². The Morgan fingerprint density at radius 1 is 1.40 bits per heavy atom. The highest BCUT2D eigenvalue weighted by molar-refractivity contribution is 7.07. The predicted octanol–water partition coefficient (Wildman–Crippen LogP) is 0.910. The van der Waals surface area contributed by atoms with E-state index in [2.05, 4.69) is 24.4 Å². The molecule has 3 heterocycles. The Labute approximate surface area is 120 Å². The molecule has 0 unspecified atom stereocenters. The van der Waals surface area contributed by atoms with E-state index in [1.807, 2.05) is 6.92 Å². The quantitative estimate of drug-likeness (QED) is 0.837. The minimum Gasteiger partial charge on any atom is -0.333 e. The molecule has 0 fully saturated rings. The van der Waals surface area contributed by atoms with Crippen molar-refractivity contribution in [2.75, 3.05) is 7.05 Å². The van der Waals surface area contributed by atoms with E-state index in [9.17, 15) is 4.79 Å². The van der Waals surface area contributed by atoms with Crippen LogP contribution in [-0.2, 0) is 25.9 Å². The molecular weight excluding hydrogens is 276 g/mol. The second-order valence-corrected chi connectivity index (χ2v) is 5.61. The van der Waals surface area contributed by atoms with Gasteiger partial charge in [0.2, 0.25) is 0 Å². The third-order valence-electron chi connectivity index (χ3n) is 3.50. The molecule has 2 aromatic heterocycles. The Morgan fingerprint density at radius 2 is 2.25 bits per heavy atom. The van der Waals surface area contributed by atoms with Crippen molar-refractivity contribution in [3.05, 3.63) is 22.2 Å². The lowest BCUT2D eigenvalue weighted by Crippen LogP contribution is -2.27. The van der Waals surface area contributed by atoms with Gasteiger partial charge in [0.25, 0.3) is 5.91 Å². The summed E-state index contributed by atoms with van der Waals surface area (Å²) in [6.07, 6.45) is 2.80. The molecule has 8 heteroatoms. The number of aromatic nitrogens is 5. The molecule has 0 atom stereocenters. The summed E-state index contributed by atoms with van der Waals surface area (Å²) in [4.78, 5) is 14.7. The molecule has 0 N–H and O–H groups in total. The number of rotatable bonds is 4. The molecule has 2 aromatic rings. The Kier molecular flexibility index (Phi) is 3.47. The van der Waals surface area contributed by atoms with E-state index in [-0.39, 0.29) is 5.91 Å². The molecule has 0 radical (unpaired) electrons. The summed E-state index contributed by atoms with van der Waals surface area (Å²) in [5.41, 5.74) is 0.762. The van der Waals surface area contributed by atoms with Crippen LogP contribution in [0.3, 0.4) is 0 Å². The van der Waals surface area contributed by atoms with Gasteiger partial charge in [0, 0.05) is 20.0 Å². The minimum atomic E-state index is -0.0489. The van der Waals surface area contributed by atoms with Crippen molar-refractivity contribution >= 4 is 17.4 Å². The minimum absolute atomic E-state index is 0.0489. The van der Waals surface area contributed by atoms with Crippen LogP contribution in [0.1, 0.15) is 40.4 Å². The van der Waals surface area contributed by atoms with Gasteiger partial charge in [0.05, 0.1) is 12.2 Å². The molecule has 0 bridgehead atoms. The van der Waals surface area contributed by atoms with Gasteiger partial charge in [0.1, 0.15) is 10.7 Å². The molecule has 1 amide bonds. The number of fused-ring (bicyclic) bond motifs is 1. The number of amides is 1. The third kappa shape index (κ3) is 2.20. The van der Waals surface area contributed by atoms with Crippen LogP contribution in [0, 0.1) is 0 Å². The molecular formula is C12H16N6OS. The van der Waals surface area contributed by atoms with Gasteiger partial charge in [-0.15, -0.1) is 15.3 Å². The van der Waals surface area contributed by atoms with Crippen LogP contribution in [0.2, 0.25) is 0 Å². The molecule has 3 rings (SSSR count). The lowest BCUT2D eigenvalue weighted by molar-refractivity contribution is 0.0783.